The van der Waals surface area contributed by atoms with Gasteiger partial charge in [0.05, 0.1) is 0 Å². The van der Waals surface area contributed by atoms with Crippen molar-refractivity contribution < 1.29 is 0 Å². The normalized spacial score (nSPS) is 21.2. The number of nitrogens with zero attached hydrogens (tertiary/aromatic N) is 4. The van der Waals surface area contributed by atoms with E-state index in [2.05, 4.69) is 20.9 Å². The summed E-state index contributed by atoms with van der Waals surface area (Å²) < 4.78 is 0. The Balaban J connectivity index is 1.67. The molecule has 1 aliphatic carbocycles. The molecule has 2 fully saturated rings. The van der Waals surface area contributed by atoms with Crippen molar-refractivity contribution in [2.75, 3.05) is 31.1 Å². The molecule has 2 heterocycles. The third-order valence-electron chi connectivity index (χ3n) is 3.60. The van der Waals surface area contributed by atoms with E-state index in [1.807, 2.05) is 12.1 Å². The molecule has 88 valence electrons. The zero-order valence-corrected chi connectivity index (χ0v) is 9.84. The van der Waals surface area contributed by atoms with Gasteiger partial charge in [0.25, 0.3) is 0 Å². The van der Waals surface area contributed by atoms with E-state index in [9.17, 15) is 0 Å². The number of nitriles is 1. The monoisotopic (exact) mass is 228 g/mol. The van der Waals surface area contributed by atoms with Gasteiger partial charge in [0.15, 0.2) is 0 Å². The van der Waals surface area contributed by atoms with E-state index in [1.54, 1.807) is 6.20 Å². The molecule has 3 rings (SSSR count). The van der Waals surface area contributed by atoms with Crippen LogP contribution in [0.3, 0.4) is 0 Å². The van der Waals surface area contributed by atoms with Gasteiger partial charge in [0, 0.05) is 44.1 Å². The number of hydrogen-bond acceptors (Lipinski definition) is 4. The van der Waals surface area contributed by atoms with Crippen LogP contribution < -0.4 is 4.90 Å². The van der Waals surface area contributed by atoms with Crippen LogP contribution in [0.2, 0.25) is 0 Å². The van der Waals surface area contributed by atoms with Crippen molar-refractivity contribution >= 4 is 5.69 Å². The van der Waals surface area contributed by atoms with Crippen molar-refractivity contribution in [1.29, 1.82) is 5.26 Å². The first-order chi connectivity index (χ1) is 8.36. The van der Waals surface area contributed by atoms with Crippen molar-refractivity contribution in [3.05, 3.63) is 24.0 Å². The van der Waals surface area contributed by atoms with Crippen molar-refractivity contribution in [3.8, 4) is 6.07 Å². The van der Waals surface area contributed by atoms with Crippen LogP contribution in [0.4, 0.5) is 5.69 Å². The van der Waals surface area contributed by atoms with Gasteiger partial charge >= 0.3 is 0 Å². The second-order valence-corrected chi connectivity index (χ2v) is 4.77. The third kappa shape index (κ3) is 2.25. The molecule has 0 amide bonds. The predicted molar refractivity (Wildman–Crippen MR) is 65.8 cm³/mol. The summed E-state index contributed by atoms with van der Waals surface area (Å²) in [7, 11) is 0. The lowest BCUT2D eigenvalue weighted by Crippen LogP contribution is -2.47. The van der Waals surface area contributed by atoms with E-state index in [4.69, 9.17) is 5.26 Å². The van der Waals surface area contributed by atoms with Gasteiger partial charge < -0.3 is 4.90 Å². The second-order valence-electron chi connectivity index (χ2n) is 4.77. The van der Waals surface area contributed by atoms with E-state index in [-0.39, 0.29) is 0 Å². The molecule has 1 aromatic rings. The summed E-state index contributed by atoms with van der Waals surface area (Å²) >= 11 is 0. The van der Waals surface area contributed by atoms with E-state index in [0.29, 0.717) is 5.69 Å². The average molecular weight is 228 g/mol. The molecule has 4 nitrogen and oxygen atoms in total. The molecule has 0 atom stereocenters. The Hall–Kier alpha value is -1.60. The molecule has 1 aliphatic heterocycles. The highest BCUT2D eigenvalue weighted by Gasteiger charge is 2.31. The topological polar surface area (TPSA) is 43.2 Å². The first kappa shape index (κ1) is 10.5. The zero-order valence-electron chi connectivity index (χ0n) is 9.84. The SMILES string of the molecule is N#Cc1cc(N2CCN(C3CC3)CC2)ccn1. The molecular formula is C13H16N4. The minimum absolute atomic E-state index is 0.507. The van der Waals surface area contributed by atoms with Crippen LogP contribution in [0.15, 0.2) is 18.3 Å². The average Bonchev–Trinajstić information content (AvgIpc) is 3.23. The Morgan fingerprint density at radius 3 is 2.65 bits per heavy atom. The fourth-order valence-corrected chi connectivity index (χ4v) is 2.46. The molecular weight excluding hydrogens is 212 g/mol. The number of piperazine rings is 1. The fraction of sp³-hybridized carbons (Fsp3) is 0.538. The van der Waals surface area contributed by atoms with Gasteiger partial charge in [-0.25, -0.2) is 4.98 Å². The van der Waals surface area contributed by atoms with Gasteiger partial charge in [0.1, 0.15) is 11.8 Å². The number of hydrogen-bond donors (Lipinski definition) is 0. The molecule has 4 heteroatoms. The highest BCUT2D eigenvalue weighted by molar-refractivity contribution is 5.49. The molecule has 0 unspecified atom stereocenters. The summed E-state index contributed by atoms with van der Waals surface area (Å²) in [6.07, 6.45) is 4.49. The molecule has 17 heavy (non-hydrogen) atoms. The van der Waals surface area contributed by atoms with Crippen LogP contribution >= 0.6 is 0 Å². The quantitative estimate of drug-likeness (QED) is 0.764. The lowest BCUT2D eigenvalue weighted by molar-refractivity contribution is 0.248. The highest BCUT2D eigenvalue weighted by Crippen LogP contribution is 2.28. The molecule has 0 bridgehead atoms. The maximum Gasteiger partial charge on any atom is 0.142 e. The Kier molecular flexibility index (Phi) is 2.69. The number of anilines is 1. The Bertz CT molecular complexity index is 439. The molecule has 1 aromatic heterocycles. The number of pyridine rings is 1. The highest BCUT2D eigenvalue weighted by atomic mass is 15.3. The smallest absolute Gasteiger partial charge is 0.142 e. The zero-order chi connectivity index (χ0) is 11.7. The summed E-state index contributed by atoms with van der Waals surface area (Å²) in [4.78, 5) is 8.94. The summed E-state index contributed by atoms with van der Waals surface area (Å²) in [6.45, 7) is 4.42. The molecule has 2 aliphatic rings. The van der Waals surface area contributed by atoms with E-state index in [0.717, 1.165) is 37.9 Å². The van der Waals surface area contributed by atoms with Crippen LogP contribution in [0.25, 0.3) is 0 Å². The number of rotatable bonds is 2. The molecule has 1 saturated heterocycles. The molecule has 0 radical (unpaired) electrons. The van der Waals surface area contributed by atoms with Crippen LogP contribution in [0.5, 0.6) is 0 Å². The third-order valence-corrected chi connectivity index (χ3v) is 3.60. The van der Waals surface area contributed by atoms with E-state index in [1.165, 1.54) is 12.8 Å². The van der Waals surface area contributed by atoms with Gasteiger partial charge in [-0.3, -0.25) is 4.90 Å². The maximum atomic E-state index is 8.84. The second kappa shape index (κ2) is 4.34. The van der Waals surface area contributed by atoms with Gasteiger partial charge in [-0.15, -0.1) is 0 Å². The number of aromatic nitrogens is 1. The predicted octanol–water partition coefficient (Wildman–Crippen LogP) is 1.24. The van der Waals surface area contributed by atoms with Crippen LogP contribution in [0, 0.1) is 11.3 Å². The summed E-state index contributed by atoms with van der Waals surface area (Å²) in [5.74, 6) is 0. The minimum Gasteiger partial charge on any atom is -0.369 e. The van der Waals surface area contributed by atoms with Gasteiger partial charge in [-0.05, 0) is 25.0 Å². The molecule has 0 N–H and O–H groups in total. The molecule has 0 aromatic carbocycles. The van der Waals surface area contributed by atoms with Gasteiger partial charge in [0.2, 0.25) is 0 Å². The summed E-state index contributed by atoms with van der Waals surface area (Å²) in [5, 5.41) is 8.84. The standard InChI is InChI=1S/C13H16N4/c14-10-11-9-13(3-4-15-11)17-7-5-16(6-8-17)12-1-2-12/h3-4,9,12H,1-2,5-8H2. The first-order valence-corrected chi connectivity index (χ1v) is 6.22. The van der Waals surface area contributed by atoms with E-state index >= 15 is 0 Å². The Labute approximate surface area is 101 Å². The minimum atomic E-state index is 0.507. The maximum absolute atomic E-state index is 8.84. The van der Waals surface area contributed by atoms with Gasteiger partial charge in [-0.1, -0.05) is 0 Å². The Morgan fingerprint density at radius 1 is 1.24 bits per heavy atom. The van der Waals surface area contributed by atoms with Gasteiger partial charge in [-0.2, -0.15) is 5.26 Å². The van der Waals surface area contributed by atoms with Crippen molar-refractivity contribution in [1.82, 2.24) is 9.88 Å². The fourth-order valence-electron chi connectivity index (χ4n) is 2.46. The van der Waals surface area contributed by atoms with Crippen LogP contribution in [-0.4, -0.2) is 42.1 Å². The summed E-state index contributed by atoms with van der Waals surface area (Å²) in [5.41, 5.74) is 1.64. The molecule has 0 spiro atoms. The summed E-state index contributed by atoms with van der Waals surface area (Å²) in [6, 6.07) is 6.84. The lowest BCUT2D eigenvalue weighted by atomic mass is 10.2. The van der Waals surface area contributed by atoms with Crippen molar-refractivity contribution in [3.63, 3.8) is 0 Å². The molecule has 1 saturated carbocycles. The van der Waals surface area contributed by atoms with Crippen LogP contribution in [-0.2, 0) is 0 Å². The first-order valence-electron chi connectivity index (χ1n) is 6.22. The van der Waals surface area contributed by atoms with Crippen molar-refractivity contribution in [2.24, 2.45) is 0 Å². The Morgan fingerprint density at radius 2 is 2.00 bits per heavy atom. The lowest BCUT2D eigenvalue weighted by Gasteiger charge is -2.36. The largest absolute Gasteiger partial charge is 0.369 e. The van der Waals surface area contributed by atoms with E-state index < -0.39 is 0 Å². The van der Waals surface area contributed by atoms with Crippen molar-refractivity contribution in [2.45, 2.75) is 18.9 Å². The van der Waals surface area contributed by atoms with Crippen LogP contribution in [0.1, 0.15) is 18.5 Å².